The number of carbonyl (C=O) groups excluding carboxylic acids is 1. The number of hydrogen-bond acceptors (Lipinski definition) is 3. The van der Waals surface area contributed by atoms with Gasteiger partial charge in [0.15, 0.2) is 0 Å². The lowest BCUT2D eigenvalue weighted by atomic mass is 9.88. The minimum absolute atomic E-state index is 0.0874. The second-order valence-electron chi connectivity index (χ2n) is 6.15. The second kappa shape index (κ2) is 7.66. The summed E-state index contributed by atoms with van der Waals surface area (Å²) in [4.78, 5) is 13.0. The van der Waals surface area contributed by atoms with Crippen LogP contribution in [0.2, 0.25) is 0 Å². The van der Waals surface area contributed by atoms with E-state index in [2.05, 4.69) is 4.72 Å². The molecule has 1 N–H and O–H groups in total. The first-order valence-electron chi connectivity index (χ1n) is 8.47. The van der Waals surface area contributed by atoms with Crippen molar-refractivity contribution in [2.75, 3.05) is 0 Å². The SMILES string of the molecule is O=C(NS(=O)(=O)c1ccccc1)C(=C1CCCCC1)c1ccccc1. The third-order valence-electron chi connectivity index (χ3n) is 4.38. The van der Waals surface area contributed by atoms with Gasteiger partial charge in [0, 0.05) is 5.57 Å². The number of hydrogen-bond donors (Lipinski definition) is 1. The molecule has 0 spiro atoms. The van der Waals surface area contributed by atoms with Gasteiger partial charge < -0.3 is 0 Å². The van der Waals surface area contributed by atoms with Crippen molar-refractivity contribution < 1.29 is 13.2 Å². The van der Waals surface area contributed by atoms with Crippen LogP contribution in [0.15, 0.2) is 71.1 Å². The molecule has 0 bridgehead atoms. The average molecular weight is 355 g/mol. The van der Waals surface area contributed by atoms with Crippen molar-refractivity contribution in [1.29, 1.82) is 0 Å². The predicted octanol–water partition coefficient (Wildman–Crippen LogP) is 3.91. The summed E-state index contributed by atoms with van der Waals surface area (Å²) in [6.45, 7) is 0. The van der Waals surface area contributed by atoms with Crippen molar-refractivity contribution in [2.45, 2.75) is 37.0 Å². The first-order chi connectivity index (χ1) is 12.1. The van der Waals surface area contributed by atoms with E-state index in [0.29, 0.717) is 5.57 Å². The molecule has 0 heterocycles. The van der Waals surface area contributed by atoms with Gasteiger partial charge in [-0.2, -0.15) is 0 Å². The van der Waals surface area contributed by atoms with E-state index < -0.39 is 15.9 Å². The fraction of sp³-hybridized carbons (Fsp3) is 0.250. The Bertz CT molecular complexity index is 864. The van der Waals surface area contributed by atoms with Gasteiger partial charge in [0.25, 0.3) is 15.9 Å². The van der Waals surface area contributed by atoms with Crippen molar-refractivity contribution >= 4 is 21.5 Å². The molecule has 25 heavy (non-hydrogen) atoms. The Morgan fingerprint density at radius 2 is 1.36 bits per heavy atom. The maximum atomic E-state index is 12.9. The number of allylic oxidation sites excluding steroid dienone is 1. The van der Waals surface area contributed by atoms with Gasteiger partial charge in [0.2, 0.25) is 0 Å². The first kappa shape index (κ1) is 17.4. The Morgan fingerprint density at radius 1 is 0.800 bits per heavy atom. The van der Waals surface area contributed by atoms with E-state index in [1.165, 1.54) is 12.1 Å². The first-order valence-corrected chi connectivity index (χ1v) is 9.96. The fourth-order valence-electron chi connectivity index (χ4n) is 3.16. The zero-order valence-corrected chi connectivity index (χ0v) is 14.8. The van der Waals surface area contributed by atoms with E-state index in [4.69, 9.17) is 0 Å². The summed E-state index contributed by atoms with van der Waals surface area (Å²) in [6.07, 6.45) is 4.89. The van der Waals surface area contributed by atoms with Crippen LogP contribution < -0.4 is 4.72 Å². The number of benzene rings is 2. The molecule has 4 nitrogen and oxygen atoms in total. The van der Waals surface area contributed by atoms with Crippen LogP contribution in [0.5, 0.6) is 0 Å². The van der Waals surface area contributed by atoms with E-state index in [9.17, 15) is 13.2 Å². The Labute approximate surface area is 148 Å². The van der Waals surface area contributed by atoms with Crippen LogP contribution in [0.1, 0.15) is 37.7 Å². The summed E-state index contributed by atoms with van der Waals surface area (Å²) in [5.41, 5.74) is 2.30. The molecule has 5 heteroatoms. The number of sulfonamides is 1. The molecule has 2 aromatic rings. The third-order valence-corrected chi connectivity index (χ3v) is 5.73. The zero-order valence-electron chi connectivity index (χ0n) is 13.9. The average Bonchev–Trinajstić information content (AvgIpc) is 2.64. The van der Waals surface area contributed by atoms with Gasteiger partial charge >= 0.3 is 0 Å². The molecule has 130 valence electrons. The van der Waals surface area contributed by atoms with Gasteiger partial charge in [-0.1, -0.05) is 60.5 Å². The van der Waals surface area contributed by atoms with Crippen LogP contribution in [-0.4, -0.2) is 14.3 Å². The molecule has 0 saturated heterocycles. The van der Waals surface area contributed by atoms with Crippen LogP contribution >= 0.6 is 0 Å². The minimum Gasteiger partial charge on any atom is -0.268 e. The van der Waals surface area contributed by atoms with Crippen LogP contribution in [0.3, 0.4) is 0 Å². The molecule has 1 saturated carbocycles. The number of nitrogens with one attached hydrogen (secondary N) is 1. The van der Waals surface area contributed by atoms with E-state index in [1.54, 1.807) is 18.2 Å². The molecule has 0 unspecified atom stereocenters. The van der Waals surface area contributed by atoms with Crippen molar-refractivity contribution in [3.05, 3.63) is 71.8 Å². The highest BCUT2D eigenvalue weighted by molar-refractivity contribution is 7.90. The number of carbonyl (C=O) groups is 1. The summed E-state index contributed by atoms with van der Waals surface area (Å²) in [7, 11) is -3.88. The summed E-state index contributed by atoms with van der Waals surface area (Å²) < 4.78 is 27.3. The fourth-order valence-corrected chi connectivity index (χ4v) is 4.14. The molecule has 1 aliphatic carbocycles. The summed E-state index contributed by atoms with van der Waals surface area (Å²) in [5.74, 6) is -0.549. The molecule has 0 aliphatic heterocycles. The Hall–Kier alpha value is -2.40. The van der Waals surface area contributed by atoms with Crippen LogP contribution in [-0.2, 0) is 14.8 Å². The Morgan fingerprint density at radius 3 is 1.96 bits per heavy atom. The second-order valence-corrected chi connectivity index (χ2v) is 7.84. The van der Waals surface area contributed by atoms with Gasteiger partial charge in [0.1, 0.15) is 0 Å². The van der Waals surface area contributed by atoms with Crippen molar-refractivity contribution in [1.82, 2.24) is 4.72 Å². The molecular formula is C20H21NO3S. The predicted molar refractivity (Wildman–Crippen MR) is 98.2 cm³/mol. The van der Waals surface area contributed by atoms with Crippen molar-refractivity contribution in [3.8, 4) is 0 Å². The maximum absolute atomic E-state index is 12.9. The number of amides is 1. The molecule has 1 fully saturated rings. The van der Waals surface area contributed by atoms with Gasteiger partial charge in [-0.05, 0) is 43.4 Å². The maximum Gasteiger partial charge on any atom is 0.265 e. The largest absolute Gasteiger partial charge is 0.268 e. The van der Waals surface area contributed by atoms with E-state index in [1.807, 2.05) is 30.3 Å². The van der Waals surface area contributed by atoms with Crippen molar-refractivity contribution in [2.24, 2.45) is 0 Å². The van der Waals surface area contributed by atoms with Gasteiger partial charge in [-0.25, -0.2) is 13.1 Å². The summed E-state index contributed by atoms with van der Waals surface area (Å²) in [6, 6.07) is 17.3. The normalized spacial score (nSPS) is 14.8. The lowest BCUT2D eigenvalue weighted by Gasteiger charge is -2.19. The van der Waals surface area contributed by atoms with Crippen LogP contribution in [0.25, 0.3) is 5.57 Å². The highest BCUT2D eigenvalue weighted by atomic mass is 32.2. The number of rotatable bonds is 4. The smallest absolute Gasteiger partial charge is 0.265 e. The molecule has 1 amide bonds. The minimum atomic E-state index is -3.88. The van der Waals surface area contributed by atoms with Crippen molar-refractivity contribution in [3.63, 3.8) is 0 Å². The molecular weight excluding hydrogens is 334 g/mol. The highest BCUT2D eigenvalue weighted by Gasteiger charge is 2.24. The Kier molecular flexibility index (Phi) is 5.34. The third kappa shape index (κ3) is 4.17. The standard InChI is InChI=1S/C20H21NO3S/c22-20(21-25(23,24)18-14-8-3-9-15-18)19(16-10-4-1-5-11-16)17-12-6-2-7-13-17/h1,3-5,8-11,14-15H,2,6-7,12-13H2,(H,21,22). The molecule has 0 aromatic heterocycles. The topological polar surface area (TPSA) is 63.2 Å². The van der Waals surface area contributed by atoms with Crippen LogP contribution in [0, 0.1) is 0 Å². The van der Waals surface area contributed by atoms with Gasteiger partial charge in [0.05, 0.1) is 4.90 Å². The van der Waals surface area contributed by atoms with E-state index in [0.717, 1.165) is 43.2 Å². The summed E-state index contributed by atoms with van der Waals surface area (Å²) >= 11 is 0. The molecule has 0 atom stereocenters. The van der Waals surface area contributed by atoms with Gasteiger partial charge in [-0.15, -0.1) is 0 Å². The monoisotopic (exact) mass is 355 g/mol. The van der Waals surface area contributed by atoms with Gasteiger partial charge in [-0.3, -0.25) is 4.79 Å². The summed E-state index contributed by atoms with van der Waals surface area (Å²) in [5, 5.41) is 0. The zero-order chi connectivity index (χ0) is 17.7. The molecule has 0 radical (unpaired) electrons. The quantitative estimate of drug-likeness (QED) is 0.846. The molecule has 2 aromatic carbocycles. The molecule has 3 rings (SSSR count). The Balaban J connectivity index is 1.96. The lowest BCUT2D eigenvalue weighted by Crippen LogP contribution is -2.32. The van der Waals surface area contributed by atoms with Crippen LogP contribution in [0.4, 0.5) is 0 Å². The van der Waals surface area contributed by atoms with E-state index >= 15 is 0 Å². The lowest BCUT2D eigenvalue weighted by molar-refractivity contribution is -0.114. The highest BCUT2D eigenvalue weighted by Crippen LogP contribution is 2.31. The van der Waals surface area contributed by atoms with E-state index in [-0.39, 0.29) is 4.90 Å². The molecule has 1 aliphatic rings.